The predicted octanol–water partition coefficient (Wildman–Crippen LogP) is 1.05. The zero-order valence-electron chi connectivity index (χ0n) is 10.9. The summed E-state index contributed by atoms with van der Waals surface area (Å²) in [5.41, 5.74) is 9.88. The first-order valence-corrected chi connectivity index (χ1v) is 6.35. The summed E-state index contributed by atoms with van der Waals surface area (Å²) >= 11 is 5.80. The van der Waals surface area contributed by atoms with Crippen LogP contribution in [-0.2, 0) is 11.3 Å². The number of urea groups is 1. The van der Waals surface area contributed by atoms with Crippen molar-refractivity contribution in [3.63, 3.8) is 0 Å². The minimum Gasteiger partial charge on any atom is -0.332 e. The van der Waals surface area contributed by atoms with E-state index in [4.69, 9.17) is 17.3 Å². The van der Waals surface area contributed by atoms with Crippen molar-refractivity contribution >= 4 is 23.5 Å². The van der Waals surface area contributed by atoms with Crippen LogP contribution >= 0.6 is 11.6 Å². The Morgan fingerprint density at radius 3 is 2.70 bits per heavy atom. The largest absolute Gasteiger partial charge is 0.333 e. The van der Waals surface area contributed by atoms with E-state index >= 15 is 0 Å². The van der Waals surface area contributed by atoms with E-state index < -0.39 is 23.8 Å². The third-order valence-electron chi connectivity index (χ3n) is 2.56. The van der Waals surface area contributed by atoms with Crippen LogP contribution in [0.4, 0.5) is 9.18 Å². The number of hydrogen-bond acceptors (Lipinski definition) is 3. The number of nitrogens with one attached hydrogen (secondary N) is 3. The average Bonchev–Trinajstić information content (AvgIpc) is 2.43. The monoisotopic (exact) mass is 302 g/mol. The van der Waals surface area contributed by atoms with Crippen molar-refractivity contribution < 1.29 is 14.0 Å². The molecule has 0 bridgehead atoms. The molecular formula is C12H16ClFN4O2. The van der Waals surface area contributed by atoms with Gasteiger partial charge in [-0.05, 0) is 18.6 Å². The summed E-state index contributed by atoms with van der Waals surface area (Å²) in [6, 6.07) is 2.83. The van der Waals surface area contributed by atoms with Gasteiger partial charge in [0.05, 0.1) is 6.04 Å². The van der Waals surface area contributed by atoms with Crippen LogP contribution in [0.1, 0.15) is 18.9 Å². The Labute approximate surface area is 120 Å². The molecule has 0 aliphatic carbocycles. The Kier molecular flexibility index (Phi) is 6.20. The first-order chi connectivity index (χ1) is 9.45. The Morgan fingerprint density at radius 2 is 2.10 bits per heavy atom. The molecule has 1 atom stereocenters. The highest BCUT2D eigenvalue weighted by Crippen LogP contribution is 2.18. The van der Waals surface area contributed by atoms with E-state index in [1.54, 1.807) is 6.92 Å². The Bertz CT molecular complexity index is 478. The van der Waals surface area contributed by atoms with Gasteiger partial charge in [0.1, 0.15) is 5.82 Å². The standard InChI is InChI=1S/C12H16ClFN4O2/c1-2-10(15)11(19)17-18-12(20)16-6-7-8(13)4-3-5-9(7)14/h3-5,10H,2,6,15H2,1H3,(H,17,19)(H2,16,18,20)/t10-/m0/s1. The maximum atomic E-state index is 13.4. The van der Waals surface area contributed by atoms with E-state index in [9.17, 15) is 14.0 Å². The van der Waals surface area contributed by atoms with Crippen molar-refractivity contribution in [2.75, 3.05) is 0 Å². The van der Waals surface area contributed by atoms with Gasteiger partial charge in [0.25, 0.3) is 5.91 Å². The van der Waals surface area contributed by atoms with Crippen LogP contribution < -0.4 is 21.9 Å². The molecule has 1 aromatic rings. The Hall–Kier alpha value is -1.86. The maximum Gasteiger partial charge on any atom is 0.333 e. The summed E-state index contributed by atoms with van der Waals surface area (Å²) in [4.78, 5) is 22.7. The van der Waals surface area contributed by atoms with Crippen LogP contribution in [-0.4, -0.2) is 18.0 Å². The molecule has 0 aliphatic rings. The maximum absolute atomic E-state index is 13.4. The van der Waals surface area contributed by atoms with Crippen LogP contribution in [0.5, 0.6) is 0 Å². The number of hydrazine groups is 1. The highest BCUT2D eigenvalue weighted by molar-refractivity contribution is 6.31. The SMILES string of the molecule is CC[C@H](N)C(=O)NNC(=O)NCc1c(F)cccc1Cl. The molecule has 1 rings (SSSR count). The highest BCUT2D eigenvalue weighted by Gasteiger charge is 2.12. The molecule has 0 saturated carbocycles. The summed E-state index contributed by atoms with van der Waals surface area (Å²) in [5.74, 6) is -1.03. The number of amides is 3. The minimum absolute atomic E-state index is 0.104. The molecule has 0 fully saturated rings. The van der Waals surface area contributed by atoms with E-state index in [1.165, 1.54) is 18.2 Å². The van der Waals surface area contributed by atoms with E-state index in [2.05, 4.69) is 16.2 Å². The van der Waals surface area contributed by atoms with Gasteiger partial charge in [-0.15, -0.1) is 0 Å². The van der Waals surface area contributed by atoms with Gasteiger partial charge < -0.3 is 11.1 Å². The first-order valence-electron chi connectivity index (χ1n) is 5.97. The second kappa shape index (κ2) is 7.66. The minimum atomic E-state index is -0.698. The number of nitrogens with two attached hydrogens (primary N) is 1. The molecule has 0 heterocycles. The number of carbonyl (C=O) groups is 2. The van der Waals surface area contributed by atoms with Gasteiger partial charge in [-0.3, -0.25) is 10.2 Å². The van der Waals surface area contributed by atoms with E-state index in [1.807, 2.05) is 0 Å². The molecule has 0 unspecified atom stereocenters. The molecule has 5 N–H and O–H groups in total. The molecule has 8 heteroatoms. The lowest BCUT2D eigenvalue weighted by molar-refractivity contribution is -0.123. The number of hydrogen-bond donors (Lipinski definition) is 4. The van der Waals surface area contributed by atoms with Crippen molar-refractivity contribution in [3.8, 4) is 0 Å². The molecule has 20 heavy (non-hydrogen) atoms. The number of rotatable bonds is 4. The lowest BCUT2D eigenvalue weighted by atomic mass is 10.2. The molecule has 3 amide bonds. The second-order valence-corrected chi connectivity index (χ2v) is 4.42. The van der Waals surface area contributed by atoms with Crippen molar-refractivity contribution in [3.05, 3.63) is 34.6 Å². The van der Waals surface area contributed by atoms with Crippen LogP contribution in [0.3, 0.4) is 0 Å². The summed E-state index contributed by atoms with van der Waals surface area (Å²) in [5, 5.41) is 2.57. The van der Waals surface area contributed by atoms with Crippen molar-refractivity contribution in [2.24, 2.45) is 5.73 Å². The van der Waals surface area contributed by atoms with Gasteiger partial charge >= 0.3 is 6.03 Å². The third-order valence-corrected chi connectivity index (χ3v) is 2.92. The van der Waals surface area contributed by atoms with Gasteiger partial charge in [0.2, 0.25) is 0 Å². The van der Waals surface area contributed by atoms with Crippen LogP contribution in [0.25, 0.3) is 0 Å². The van der Waals surface area contributed by atoms with Gasteiger partial charge in [0, 0.05) is 17.1 Å². The van der Waals surface area contributed by atoms with Crippen LogP contribution in [0.2, 0.25) is 5.02 Å². The fourth-order valence-corrected chi connectivity index (χ4v) is 1.54. The fraction of sp³-hybridized carbons (Fsp3) is 0.333. The van der Waals surface area contributed by atoms with E-state index in [-0.39, 0.29) is 17.1 Å². The van der Waals surface area contributed by atoms with Crippen LogP contribution in [0, 0.1) is 5.82 Å². The Morgan fingerprint density at radius 1 is 1.40 bits per heavy atom. The highest BCUT2D eigenvalue weighted by atomic mass is 35.5. The first kappa shape index (κ1) is 16.2. The van der Waals surface area contributed by atoms with Crippen molar-refractivity contribution in [1.82, 2.24) is 16.2 Å². The van der Waals surface area contributed by atoms with E-state index in [0.29, 0.717) is 6.42 Å². The molecule has 0 aromatic heterocycles. The van der Waals surface area contributed by atoms with Gasteiger partial charge in [-0.25, -0.2) is 14.6 Å². The lowest BCUT2D eigenvalue weighted by Gasteiger charge is -2.12. The molecule has 0 aliphatic heterocycles. The molecule has 1 aromatic carbocycles. The molecule has 6 nitrogen and oxygen atoms in total. The predicted molar refractivity (Wildman–Crippen MR) is 73.2 cm³/mol. The topological polar surface area (TPSA) is 96.2 Å². The quantitative estimate of drug-likeness (QED) is 0.626. The number of carbonyl (C=O) groups excluding carboxylic acids is 2. The third kappa shape index (κ3) is 4.67. The number of halogens is 2. The van der Waals surface area contributed by atoms with Gasteiger partial charge in [-0.1, -0.05) is 24.6 Å². The average molecular weight is 303 g/mol. The summed E-state index contributed by atoms with van der Waals surface area (Å²) in [6.45, 7) is 1.64. The number of benzene rings is 1. The molecule has 110 valence electrons. The summed E-state index contributed by atoms with van der Waals surface area (Å²) in [7, 11) is 0. The summed E-state index contributed by atoms with van der Waals surface area (Å²) in [6.07, 6.45) is 0.444. The van der Waals surface area contributed by atoms with Crippen molar-refractivity contribution in [1.29, 1.82) is 0 Å². The molecule has 0 radical (unpaired) electrons. The van der Waals surface area contributed by atoms with E-state index in [0.717, 1.165) is 0 Å². The van der Waals surface area contributed by atoms with Crippen LogP contribution in [0.15, 0.2) is 18.2 Å². The van der Waals surface area contributed by atoms with Gasteiger partial charge in [-0.2, -0.15) is 0 Å². The second-order valence-electron chi connectivity index (χ2n) is 4.01. The Balaban J connectivity index is 2.42. The normalized spacial score (nSPS) is 11.6. The van der Waals surface area contributed by atoms with Gasteiger partial charge in [0.15, 0.2) is 0 Å². The fourth-order valence-electron chi connectivity index (χ4n) is 1.31. The molecule has 0 saturated heterocycles. The zero-order valence-corrected chi connectivity index (χ0v) is 11.6. The summed E-state index contributed by atoms with van der Waals surface area (Å²) < 4.78 is 13.4. The molecular weight excluding hydrogens is 287 g/mol. The lowest BCUT2D eigenvalue weighted by Crippen LogP contribution is -2.51. The zero-order chi connectivity index (χ0) is 15.1. The van der Waals surface area contributed by atoms with Crippen molar-refractivity contribution in [2.45, 2.75) is 25.9 Å². The molecule has 0 spiro atoms. The smallest absolute Gasteiger partial charge is 0.332 e.